The maximum atomic E-state index is 12.2. The highest BCUT2D eigenvalue weighted by molar-refractivity contribution is 5.81. The molecule has 0 atom stereocenters. The third-order valence-corrected chi connectivity index (χ3v) is 4.27. The van der Waals surface area contributed by atoms with E-state index in [9.17, 15) is 4.79 Å². The number of piperidine rings is 1. The summed E-state index contributed by atoms with van der Waals surface area (Å²) in [5.41, 5.74) is -0.232. The summed E-state index contributed by atoms with van der Waals surface area (Å²) in [6, 6.07) is 1.38. The summed E-state index contributed by atoms with van der Waals surface area (Å²) in [6.07, 6.45) is 4.90. The van der Waals surface area contributed by atoms with Crippen molar-refractivity contribution in [2.24, 2.45) is 11.3 Å². The molecule has 2 fully saturated rings. The molecule has 1 amide bonds. The van der Waals surface area contributed by atoms with Gasteiger partial charge in [0.25, 0.3) is 0 Å². The third kappa shape index (κ3) is 3.25. The van der Waals surface area contributed by atoms with E-state index in [1.54, 1.807) is 0 Å². The Morgan fingerprint density at radius 2 is 1.67 bits per heavy atom. The molecule has 0 aromatic carbocycles. The minimum atomic E-state index is -0.232. The molecule has 0 unspecified atom stereocenters. The zero-order valence-corrected chi connectivity index (χ0v) is 12.3. The number of hydrogen-bond acceptors (Lipinski definition) is 2. The first-order valence-corrected chi connectivity index (χ1v) is 7.41. The van der Waals surface area contributed by atoms with Crippen LogP contribution in [-0.2, 0) is 4.79 Å². The molecule has 0 aromatic rings. The van der Waals surface area contributed by atoms with Crippen LogP contribution < -0.4 is 5.32 Å². The summed E-state index contributed by atoms with van der Waals surface area (Å²) >= 11 is 0. The van der Waals surface area contributed by atoms with Gasteiger partial charge in [0, 0.05) is 30.6 Å². The Morgan fingerprint density at radius 1 is 1.11 bits per heavy atom. The Labute approximate surface area is 111 Å². The molecule has 0 radical (unpaired) electrons. The van der Waals surface area contributed by atoms with Crippen LogP contribution in [0.4, 0.5) is 0 Å². The Balaban J connectivity index is 1.73. The second-order valence-corrected chi connectivity index (χ2v) is 7.26. The van der Waals surface area contributed by atoms with Gasteiger partial charge < -0.3 is 10.2 Å². The molecule has 0 aromatic heterocycles. The molecule has 18 heavy (non-hydrogen) atoms. The summed E-state index contributed by atoms with van der Waals surface area (Å²) in [5, 5.41) is 3.75. The van der Waals surface area contributed by atoms with Gasteiger partial charge in [0.1, 0.15) is 0 Å². The fourth-order valence-electron chi connectivity index (χ4n) is 3.10. The van der Waals surface area contributed by atoms with Gasteiger partial charge in [0.15, 0.2) is 0 Å². The maximum Gasteiger partial charge on any atom is 0.227 e. The first kappa shape index (κ1) is 13.9. The molecular weight excluding hydrogens is 224 g/mol. The Morgan fingerprint density at radius 3 is 2.11 bits per heavy atom. The lowest BCUT2D eigenvalue weighted by atomic mass is 9.81. The van der Waals surface area contributed by atoms with Crippen molar-refractivity contribution in [3.8, 4) is 0 Å². The zero-order chi connectivity index (χ0) is 13.3. The molecule has 3 heteroatoms. The Kier molecular flexibility index (Phi) is 4.00. The predicted molar refractivity (Wildman–Crippen MR) is 74.4 cm³/mol. The molecule has 2 aliphatic rings. The number of amides is 1. The minimum Gasteiger partial charge on any atom is -0.342 e. The molecule has 1 saturated carbocycles. The van der Waals surface area contributed by atoms with Gasteiger partial charge >= 0.3 is 0 Å². The summed E-state index contributed by atoms with van der Waals surface area (Å²) in [7, 11) is 0. The molecule has 1 heterocycles. The van der Waals surface area contributed by atoms with E-state index in [2.05, 4.69) is 12.2 Å². The van der Waals surface area contributed by atoms with Crippen molar-refractivity contribution < 1.29 is 4.79 Å². The van der Waals surface area contributed by atoms with E-state index in [-0.39, 0.29) is 5.41 Å². The number of carbonyl (C=O) groups is 1. The average molecular weight is 252 g/mol. The highest BCUT2D eigenvalue weighted by Gasteiger charge is 2.32. The normalized spacial score (nSPS) is 30.1. The lowest BCUT2D eigenvalue weighted by molar-refractivity contribution is -0.140. The van der Waals surface area contributed by atoms with E-state index < -0.39 is 0 Å². The van der Waals surface area contributed by atoms with Crippen molar-refractivity contribution in [1.82, 2.24) is 10.2 Å². The second-order valence-electron chi connectivity index (χ2n) is 7.26. The smallest absolute Gasteiger partial charge is 0.227 e. The van der Waals surface area contributed by atoms with Gasteiger partial charge in [-0.25, -0.2) is 0 Å². The lowest BCUT2D eigenvalue weighted by Gasteiger charge is -2.40. The van der Waals surface area contributed by atoms with Crippen LogP contribution in [0.5, 0.6) is 0 Å². The van der Waals surface area contributed by atoms with Gasteiger partial charge in [0.2, 0.25) is 5.91 Å². The molecule has 0 spiro atoms. The van der Waals surface area contributed by atoms with Crippen molar-refractivity contribution in [2.75, 3.05) is 13.1 Å². The number of carbonyl (C=O) groups excluding carboxylic acids is 1. The molecule has 104 valence electrons. The standard InChI is InChI=1S/C15H28N2O/c1-11-9-13(10-11)16-12-5-7-17(8-6-12)14(18)15(2,3)4/h11-13,16H,5-10H2,1-4H3. The second kappa shape index (κ2) is 5.20. The summed E-state index contributed by atoms with van der Waals surface area (Å²) in [4.78, 5) is 14.2. The highest BCUT2D eigenvalue weighted by Crippen LogP contribution is 2.28. The van der Waals surface area contributed by atoms with Crippen LogP contribution >= 0.6 is 0 Å². The van der Waals surface area contributed by atoms with Crippen LogP contribution in [0.15, 0.2) is 0 Å². The molecule has 1 N–H and O–H groups in total. The van der Waals surface area contributed by atoms with Crippen molar-refractivity contribution >= 4 is 5.91 Å². The van der Waals surface area contributed by atoms with Gasteiger partial charge in [-0.3, -0.25) is 4.79 Å². The van der Waals surface area contributed by atoms with E-state index >= 15 is 0 Å². The third-order valence-electron chi connectivity index (χ3n) is 4.27. The van der Waals surface area contributed by atoms with Crippen molar-refractivity contribution in [2.45, 2.75) is 65.5 Å². The molecule has 0 bridgehead atoms. The van der Waals surface area contributed by atoms with Crippen molar-refractivity contribution in [1.29, 1.82) is 0 Å². The van der Waals surface area contributed by atoms with Crippen LogP contribution in [-0.4, -0.2) is 36.0 Å². The summed E-state index contributed by atoms with van der Waals surface area (Å²) < 4.78 is 0. The fraction of sp³-hybridized carbons (Fsp3) is 0.933. The van der Waals surface area contributed by atoms with Crippen LogP contribution in [0.1, 0.15) is 53.4 Å². The van der Waals surface area contributed by atoms with E-state index in [4.69, 9.17) is 0 Å². The van der Waals surface area contributed by atoms with Crippen molar-refractivity contribution in [3.05, 3.63) is 0 Å². The SMILES string of the molecule is CC1CC(NC2CCN(C(=O)C(C)(C)C)CC2)C1. The largest absolute Gasteiger partial charge is 0.342 e. The maximum absolute atomic E-state index is 12.2. The number of rotatable bonds is 2. The first-order valence-electron chi connectivity index (χ1n) is 7.41. The van der Waals surface area contributed by atoms with Gasteiger partial charge in [-0.15, -0.1) is 0 Å². The predicted octanol–water partition coefficient (Wildman–Crippen LogP) is 2.41. The van der Waals surface area contributed by atoms with Crippen LogP contribution in [0.2, 0.25) is 0 Å². The van der Waals surface area contributed by atoms with Gasteiger partial charge in [0.05, 0.1) is 0 Å². The topological polar surface area (TPSA) is 32.3 Å². The monoisotopic (exact) mass is 252 g/mol. The van der Waals surface area contributed by atoms with Crippen LogP contribution in [0.3, 0.4) is 0 Å². The molecule has 1 aliphatic carbocycles. The molecule has 3 nitrogen and oxygen atoms in total. The van der Waals surface area contributed by atoms with Gasteiger partial charge in [-0.05, 0) is 31.6 Å². The molecule has 2 rings (SSSR count). The Bertz CT molecular complexity index is 294. The minimum absolute atomic E-state index is 0.232. The molecular formula is C15H28N2O. The van der Waals surface area contributed by atoms with Gasteiger partial charge in [-0.1, -0.05) is 27.7 Å². The zero-order valence-electron chi connectivity index (χ0n) is 12.3. The van der Waals surface area contributed by atoms with Crippen LogP contribution in [0.25, 0.3) is 0 Å². The summed E-state index contributed by atoms with van der Waals surface area (Å²) in [5.74, 6) is 1.21. The average Bonchev–Trinajstić information content (AvgIpc) is 2.26. The highest BCUT2D eigenvalue weighted by atomic mass is 16.2. The van der Waals surface area contributed by atoms with E-state index in [0.29, 0.717) is 11.9 Å². The molecule has 1 aliphatic heterocycles. The number of nitrogens with one attached hydrogen (secondary N) is 1. The molecule has 1 saturated heterocycles. The first-order chi connectivity index (χ1) is 8.36. The number of likely N-dealkylation sites (tertiary alicyclic amines) is 1. The fourth-order valence-corrected chi connectivity index (χ4v) is 3.10. The number of nitrogens with zero attached hydrogens (tertiary/aromatic N) is 1. The Hall–Kier alpha value is -0.570. The van der Waals surface area contributed by atoms with E-state index in [1.165, 1.54) is 12.8 Å². The summed E-state index contributed by atoms with van der Waals surface area (Å²) in [6.45, 7) is 10.2. The van der Waals surface area contributed by atoms with Crippen molar-refractivity contribution in [3.63, 3.8) is 0 Å². The lowest BCUT2D eigenvalue weighted by Crippen LogP contribution is -2.52. The van der Waals surface area contributed by atoms with Crippen LogP contribution in [0, 0.1) is 11.3 Å². The van der Waals surface area contributed by atoms with E-state index in [0.717, 1.165) is 37.9 Å². The number of hydrogen-bond donors (Lipinski definition) is 1. The van der Waals surface area contributed by atoms with Gasteiger partial charge in [-0.2, -0.15) is 0 Å². The quantitative estimate of drug-likeness (QED) is 0.818. The van der Waals surface area contributed by atoms with E-state index in [1.807, 2.05) is 25.7 Å².